The molecule has 15 heavy (non-hydrogen) atoms. The summed E-state index contributed by atoms with van der Waals surface area (Å²) < 4.78 is 0. The summed E-state index contributed by atoms with van der Waals surface area (Å²) >= 11 is 1.46. The van der Waals surface area contributed by atoms with Gasteiger partial charge in [0.05, 0.1) is 6.54 Å². The number of thioether (sulfide) groups is 1. The quantitative estimate of drug-likeness (QED) is 0.672. The zero-order valence-corrected chi connectivity index (χ0v) is 9.47. The number of aliphatic imine (C=N–C) groups is 1. The van der Waals surface area contributed by atoms with Crippen molar-refractivity contribution in [3.05, 3.63) is 10.5 Å². The maximum absolute atomic E-state index is 11.9. The van der Waals surface area contributed by atoms with E-state index in [0.717, 1.165) is 10.1 Å². The van der Waals surface area contributed by atoms with Crippen LogP contribution in [0.15, 0.2) is 15.5 Å². The third-order valence-electron chi connectivity index (χ3n) is 2.34. The van der Waals surface area contributed by atoms with Crippen LogP contribution in [0.5, 0.6) is 0 Å². The van der Waals surface area contributed by atoms with Gasteiger partial charge in [-0.1, -0.05) is 25.6 Å². The Kier molecular flexibility index (Phi) is 2.53. The van der Waals surface area contributed by atoms with Crippen molar-refractivity contribution in [2.75, 3.05) is 13.1 Å². The molecule has 0 N–H and O–H groups in total. The molecule has 0 unspecified atom stereocenters. The molecule has 2 aliphatic rings. The van der Waals surface area contributed by atoms with Crippen LogP contribution in [0.2, 0.25) is 0 Å². The number of carbonyl (C=O) groups is 1. The summed E-state index contributed by atoms with van der Waals surface area (Å²) in [6.45, 7) is 5.23. The molecule has 0 saturated heterocycles. The van der Waals surface area contributed by atoms with Gasteiger partial charge in [0.25, 0.3) is 5.91 Å². The number of nitrogens with zero attached hydrogens (tertiary/aromatic N) is 3. The van der Waals surface area contributed by atoms with Gasteiger partial charge >= 0.3 is 0 Å². The summed E-state index contributed by atoms with van der Waals surface area (Å²) in [6.07, 6.45) is 0. The third kappa shape index (κ3) is 1.55. The molecule has 0 spiro atoms. The van der Waals surface area contributed by atoms with Crippen molar-refractivity contribution >= 4 is 22.8 Å². The molecular weight excluding hydrogens is 210 g/mol. The number of allylic oxidation sites excluding steroid dienone is 1. The number of rotatable bonds is 1. The predicted octanol–water partition coefficient (Wildman–Crippen LogP) is 1.37. The van der Waals surface area contributed by atoms with E-state index < -0.39 is 0 Å². The zero-order valence-electron chi connectivity index (χ0n) is 8.65. The lowest BCUT2D eigenvalue weighted by molar-refractivity contribution is -0.122. The molecule has 2 heterocycles. The topological polar surface area (TPSA) is 56.5 Å². The number of nitriles is 1. The number of amides is 1. The van der Waals surface area contributed by atoms with Gasteiger partial charge in [-0.25, -0.2) is 0 Å². The maximum atomic E-state index is 11.9. The fourth-order valence-electron chi connectivity index (χ4n) is 1.60. The molecule has 0 aromatic rings. The lowest BCUT2D eigenvalue weighted by Gasteiger charge is -2.25. The Bertz CT molecular complexity index is 417. The first-order valence-electron chi connectivity index (χ1n) is 4.83. The van der Waals surface area contributed by atoms with Crippen molar-refractivity contribution in [3.63, 3.8) is 0 Å². The minimum atomic E-state index is -0.184. The van der Waals surface area contributed by atoms with Gasteiger partial charge in [0.15, 0.2) is 5.17 Å². The van der Waals surface area contributed by atoms with E-state index in [9.17, 15) is 4.79 Å². The second-order valence-electron chi connectivity index (χ2n) is 3.73. The summed E-state index contributed by atoms with van der Waals surface area (Å²) in [6, 6.07) is 2.01. The molecule has 0 aromatic carbocycles. The monoisotopic (exact) mass is 221 g/mol. The number of amidine groups is 1. The molecule has 5 heteroatoms. The molecule has 0 aromatic heterocycles. The minimum absolute atomic E-state index is 0.184. The summed E-state index contributed by atoms with van der Waals surface area (Å²) in [5, 5.41) is 9.74. The molecule has 4 nitrogen and oxygen atoms in total. The van der Waals surface area contributed by atoms with Crippen molar-refractivity contribution in [1.82, 2.24) is 4.90 Å². The van der Waals surface area contributed by atoms with E-state index in [4.69, 9.17) is 5.26 Å². The minimum Gasteiger partial charge on any atom is -0.285 e. The van der Waals surface area contributed by atoms with Crippen LogP contribution in [0.3, 0.4) is 0 Å². The third-order valence-corrected chi connectivity index (χ3v) is 3.77. The van der Waals surface area contributed by atoms with E-state index >= 15 is 0 Å². The Morgan fingerprint density at radius 3 is 2.93 bits per heavy atom. The summed E-state index contributed by atoms with van der Waals surface area (Å²) in [5.41, 5.74) is 0.288. The Morgan fingerprint density at radius 2 is 2.33 bits per heavy atom. The average molecular weight is 221 g/mol. The SMILES string of the molecule is CC(C)C1=C(C#N)C(=O)N2CCN=C2S1. The average Bonchev–Trinajstić information content (AvgIpc) is 2.65. The lowest BCUT2D eigenvalue weighted by atomic mass is 10.1. The van der Waals surface area contributed by atoms with Crippen LogP contribution >= 0.6 is 11.8 Å². The fourth-order valence-corrected chi connectivity index (χ4v) is 2.71. The van der Waals surface area contributed by atoms with E-state index in [1.807, 2.05) is 19.9 Å². The molecule has 0 aliphatic carbocycles. The normalized spacial score (nSPS) is 20.5. The molecule has 2 aliphatic heterocycles. The standard InChI is InChI=1S/C10H11N3OS/c1-6(2)8-7(5-11)9(14)13-4-3-12-10(13)15-8/h6H,3-4H2,1-2H3. The molecule has 2 rings (SSSR count). The fraction of sp³-hybridized carbons (Fsp3) is 0.500. The number of fused-ring (bicyclic) bond motifs is 1. The van der Waals surface area contributed by atoms with Gasteiger partial charge in [0.2, 0.25) is 0 Å². The van der Waals surface area contributed by atoms with Gasteiger partial charge in [0.1, 0.15) is 11.6 Å². The van der Waals surface area contributed by atoms with E-state index in [-0.39, 0.29) is 17.4 Å². The first kappa shape index (κ1) is 10.2. The van der Waals surface area contributed by atoms with Crippen LogP contribution in [-0.4, -0.2) is 29.1 Å². The van der Waals surface area contributed by atoms with Gasteiger partial charge in [0, 0.05) is 11.4 Å². The Hall–Kier alpha value is -1.28. The molecule has 1 amide bonds. The van der Waals surface area contributed by atoms with E-state index in [1.165, 1.54) is 11.8 Å². The van der Waals surface area contributed by atoms with Gasteiger partial charge in [-0.05, 0) is 5.92 Å². The van der Waals surface area contributed by atoms with E-state index in [2.05, 4.69) is 4.99 Å². The highest BCUT2D eigenvalue weighted by Crippen LogP contribution is 2.36. The van der Waals surface area contributed by atoms with Gasteiger partial charge in [-0.3, -0.25) is 14.7 Å². The lowest BCUT2D eigenvalue weighted by Crippen LogP contribution is -2.37. The Labute approximate surface area is 92.7 Å². The van der Waals surface area contributed by atoms with Crippen LogP contribution in [0.25, 0.3) is 0 Å². The van der Waals surface area contributed by atoms with Crippen LogP contribution < -0.4 is 0 Å². The number of hydrogen-bond acceptors (Lipinski definition) is 4. The van der Waals surface area contributed by atoms with Crippen LogP contribution in [0.4, 0.5) is 0 Å². The smallest absolute Gasteiger partial charge is 0.271 e. The van der Waals surface area contributed by atoms with Gasteiger partial charge < -0.3 is 0 Å². The molecule has 0 bridgehead atoms. The molecule has 0 fully saturated rings. The van der Waals surface area contributed by atoms with E-state index in [0.29, 0.717) is 13.1 Å². The van der Waals surface area contributed by atoms with Gasteiger partial charge in [-0.15, -0.1) is 0 Å². The van der Waals surface area contributed by atoms with Crippen LogP contribution in [0, 0.1) is 17.2 Å². The summed E-state index contributed by atoms with van der Waals surface area (Å²) in [4.78, 5) is 18.6. The van der Waals surface area contributed by atoms with Crippen molar-refractivity contribution in [3.8, 4) is 6.07 Å². The largest absolute Gasteiger partial charge is 0.285 e. The molecule has 0 atom stereocenters. The van der Waals surface area contributed by atoms with Crippen molar-refractivity contribution in [2.45, 2.75) is 13.8 Å². The summed E-state index contributed by atoms with van der Waals surface area (Å²) in [7, 11) is 0. The first-order valence-corrected chi connectivity index (χ1v) is 5.65. The highest BCUT2D eigenvalue weighted by molar-refractivity contribution is 8.17. The number of hydrogen-bond donors (Lipinski definition) is 0. The summed E-state index contributed by atoms with van der Waals surface area (Å²) in [5.74, 6) is 0.00949. The molecule has 0 radical (unpaired) electrons. The molecular formula is C10H11N3OS. The van der Waals surface area contributed by atoms with E-state index in [1.54, 1.807) is 4.90 Å². The second kappa shape index (κ2) is 3.70. The Balaban J connectivity index is 2.46. The van der Waals surface area contributed by atoms with Crippen molar-refractivity contribution in [2.24, 2.45) is 10.9 Å². The zero-order chi connectivity index (χ0) is 11.0. The van der Waals surface area contributed by atoms with Crippen LogP contribution in [0.1, 0.15) is 13.8 Å². The second-order valence-corrected chi connectivity index (χ2v) is 4.74. The van der Waals surface area contributed by atoms with Gasteiger partial charge in [-0.2, -0.15) is 5.26 Å². The van der Waals surface area contributed by atoms with Crippen LogP contribution in [-0.2, 0) is 4.79 Å². The van der Waals surface area contributed by atoms with Crippen molar-refractivity contribution < 1.29 is 4.79 Å². The highest BCUT2D eigenvalue weighted by Gasteiger charge is 2.35. The maximum Gasteiger partial charge on any atom is 0.271 e. The Morgan fingerprint density at radius 1 is 1.60 bits per heavy atom. The molecule has 78 valence electrons. The first-order chi connectivity index (χ1) is 7.15. The highest BCUT2D eigenvalue weighted by atomic mass is 32.2. The number of carbonyl (C=O) groups excluding carboxylic acids is 1. The van der Waals surface area contributed by atoms with Crippen molar-refractivity contribution in [1.29, 1.82) is 5.26 Å². The molecule has 0 saturated carbocycles. The predicted molar refractivity (Wildman–Crippen MR) is 59.1 cm³/mol.